The molecule has 3 heterocycles. The second-order valence-electron chi connectivity index (χ2n) is 3.76. The van der Waals surface area contributed by atoms with Crippen molar-refractivity contribution in [1.82, 2.24) is 4.90 Å². The SMILES string of the molecule is O=CC1CCC2CCN1CC2. The van der Waals surface area contributed by atoms with Gasteiger partial charge in [0.15, 0.2) is 0 Å². The van der Waals surface area contributed by atoms with Gasteiger partial charge in [0.2, 0.25) is 0 Å². The van der Waals surface area contributed by atoms with Crippen LogP contribution in [0, 0.1) is 5.92 Å². The molecular weight excluding hydrogens is 138 g/mol. The van der Waals surface area contributed by atoms with Gasteiger partial charge >= 0.3 is 0 Å². The number of carbonyl (C=O) groups is 1. The van der Waals surface area contributed by atoms with Crippen molar-refractivity contribution >= 4 is 6.29 Å². The summed E-state index contributed by atoms with van der Waals surface area (Å²) in [5.41, 5.74) is 0. The maximum absolute atomic E-state index is 10.7. The van der Waals surface area contributed by atoms with Gasteiger partial charge in [-0.15, -0.1) is 0 Å². The number of fused-ring (bicyclic) bond motifs is 4. The summed E-state index contributed by atoms with van der Waals surface area (Å²) in [6.07, 6.45) is 6.16. The summed E-state index contributed by atoms with van der Waals surface area (Å²) >= 11 is 0. The third-order valence-corrected chi connectivity index (χ3v) is 3.15. The van der Waals surface area contributed by atoms with Crippen LogP contribution < -0.4 is 0 Å². The van der Waals surface area contributed by atoms with Crippen molar-refractivity contribution in [3.05, 3.63) is 0 Å². The lowest BCUT2D eigenvalue weighted by atomic mass is 9.95. The Labute approximate surface area is 67.6 Å². The number of carbonyl (C=O) groups excluding carboxylic acids is 1. The van der Waals surface area contributed by atoms with Crippen molar-refractivity contribution in [2.75, 3.05) is 13.1 Å². The average molecular weight is 153 g/mol. The summed E-state index contributed by atoms with van der Waals surface area (Å²) in [7, 11) is 0. The van der Waals surface area contributed by atoms with Gasteiger partial charge in [0, 0.05) is 0 Å². The zero-order valence-electron chi connectivity index (χ0n) is 6.83. The van der Waals surface area contributed by atoms with E-state index in [1.807, 2.05) is 0 Å². The molecule has 2 heteroatoms. The van der Waals surface area contributed by atoms with E-state index in [1.54, 1.807) is 0 Å². The monoisotopic (exact) mass is 153 g/mol. The van der Waals surface area contributed by atoms with Crippen molar-refractivity contribution in [1.29, 1.82) is 0 Å². The van der Waals surface area contributed by atoms with Gasteiger partial charge in [-0.1, -0.05) is 0 Å². The zero-order valence-corrected chi connectivity index (χ0v) is 6.83. The van der Waals surface area contributed by atoms with Gasteiger partial charge in [-0.2, -0.15) is 0 Å². The van der Waals surface area contributed by atoms with E-state index in [4.69, 9.17) is 0 Å². The minimum atomic E-state index is 0.252. The quantitative estimate of drug-likeness (QED) is 0.525. The van der Waals surface area contributed by atoms with Crippen molar-refractivity contribution in [3.63, 3.8) is 0 Å². The Kier molecular flexibility index (Phi) is 1.95. The van der Waals surface area contributed by atoms with E-state index < -0.39 is 0 Å². The third kappa shape index (κ3) is 1.32. The molecule has 1 unspecified atom stereocenters. The van der Waals surface area contributed by atoms with Crippen LogP contribution in [0.15, 0.2) is 0 Å². The summed E-state index contributed by atoms with van der Waals surface area (Å²) in [4.78, 5) is 13.0. The van der Waals surface area contributed by atoms with E-state index in [2.05, 4.69) is 4.90 Å². The first-order chi connectivity index (χ1) is 5.40. The van der Waals surface area contributed by atoms with E-state index in [1.165, 1.54) is 19.3 Å². The highest BCUT2D eigenvalue weighted by atomic mass is 16.1. The zero-order chi connectivity index (χ0) is 7.68. The second kappa shape index (κ2) is 2.94. The van der Waals surface area contributed by atoms with Crippen LogP contribution in [0.4, 0.5) is 0 Å². The minimum absolute atomic E-state index is 0.252. The van der Waals surface area contributed by atoms with E-state index in [9.17, 15) is 4.79 Å². The van der Waals surface area contributed by atoms with Crippen LogP contribution in [-0.2, 0) is 4.79 Å². The minimum Gasteiger partial charge on any atom is -0.302 e. The number of hydrogen-bond donors (Lipinski definition) is 0. The molecule has 0 aromatic rings. The van der Waals surface area contributed by atoms with Crippen LogP contribution >= 0.6 is 0 Å². The lowest BCUT2D eigenvalue weighted by molar-refractivity contribution is -0.112. The summed E-state index contributed by atoms with van der Waals surface area (Å²) in [5.74, 6) is 0.927. The molecule has 3 fully saturated rings. The molecule has 0 radical (unpaired) electrons. The molecule has 0 aromatic heterocycles. The van der Waals surface area contributed by atoms with E-state index in [0.29, 0.717) is 0 Å². The number of rotatable bonds is 1. The molecule has 11 heavy (non-hydrogen) atoms. The van der Waals surface area contributed by atoms with Gasteiger partial charge in [0.1, 0.15) is 6.29 Å². The molecular formula is C9H15NO. The highest BCUT2D eigenvalue weighted by Gasteiger charge is 2.29. The van der Waals surface area contributed by atoms with Gasteiger partial charge in [-0.05, 0) is 44.7 Å². The highest BCUT2D eigenvalue weighted by Crippen LogP contribution is 2.29. The highest BCUT2D eigenvalue weighted by molar-refractivity contribution is 5.57. The fourth-order valence-electron chi connectivity index (χ4n) is 2.32. The first-order valence-corrected chi connectivity index (χ1v) is 4.59. The first-order valence-electron chi connectivity index (χ1n) is 4.59. The van der Waals surface area contributed by atoms with Crippen LogP contribution in [0.5, 0.6) is 0 Å². The molecule has 2 bridgehead atoms. The predicted octanol–water partition coefficient (Wildman–Crippen LogP) is 1.06. The smallest absolute Gasteiger partial charge is 0.137 e. The molecule has 0 aliphatic carbocycles. The fourth-order valence-corrected chi connectivity index (χ4v) is 2.32. The van der Waals surface area contributed by atoms with Gasteiger partial charge in [0.25, 0.3) is 0 Å². The van der Waals surface area contributed by atoms with Crippen LogP contribution in [0.1, 0.15) is 25.7 Å². The molecule has 0 spiro atoms. The van der Waals surface area contributed by atoms with Crippen LogP contribution in [0.2, 0.25) is 0 Å². The van der Waals surface area contributed by atoms with Crippen molar-refractivity contribution in [2.45, 2.75) is 31.7 Å². The Bertz CT molecular complexity index is 150. The molecule has 62 valence electrons. The van der Waals surface area contributed by atoms with Gasteiger partial charge in [-0.25, -0.2) is 0 Å². The maximum Gasteiger partial charge on any atom is 0.137 e. The second-order valence-corrected chi connectivity index (χ2v) is 3.76. The van der Waals surface area contributed by atoms with E-state index in [-0.39, 0.29) is 6.04 Å². The first kappa shape index (κ1) is 7.29. The van der Waals surface area contributed by atoms with Gasteiger partial charge in [-0.3, -0.25) is 4.90 Å². The molecule has 3 aliphatic rings. The Hall–Kier alpha value is -0.370. The molecule has 0 N–H and O–H groups in total. The van der Waals surface area contributed by atoms with Crippen LogP contribution in [0.25, 0.3) is 0 Å². The Morgan fingerprint density at radius 3 is 2.45 bits per heavy atom. The fraction of sp³-hybridized carbons (Fsp3) is 0.889. The molecule has 1 atom stereocenters. The molecule has 3 aliphatic heterocycles. The summed E-state index contributed by atoms with van der Waals surface area (Å²) in [6, 6.07) is 0.252. The summed E-state index contributed by atoms with van der Waals surface area (Å²) in [5, 5.41) is 0. The van der Waals surface area contributed by atoms with Crippen LogP contribution in [-0.4, -0.2) is 30.3 Å². The standard InChI is InChI=1S/C9H15NO/c11-7-9-2-1-8-3-5-10(9)6-4-8/h7-9H,1-6H2. The lowest BCUT2D eigenvalue weighted by Crippen LogP contribution is -2.38. The Balaban J connectivity index is 2.08. The lowest BCUT2D eigenvalue weighted by Gasteiger charge is -2.29. The average Bonchev–Trinajstić information content (AvgIpc) is 2.36. The molecule has 0 amide bonds. The number of piperidine rings is 1. The number of hydrogen-bond acceptors (Lipinski definition) is 2. The molecule has 3 saturated heterocycles. The number of nitrogens with zero attached hydrogens (tertiary/aromatic N) is 1. The summed E-state index contributed by atoms with van der Waals surface area (Å²) < 4.78 is 0. The van der Waals surface area contributed by atoms with Crippen molar-refractivity contribution in [3.8, 4) is 0 Å². The van der Waals surface area contributed by atoms with Crippen molar-refractivity contribution < 1.29 is 4.79 Å². The van der Waals surface area contributed by atoms with Crippen molar-refractivity contribution in [2.24, 2.45) is 5.92 Å². The molecule has 2 nitrogen and oxygen atoms in total. The number of aldehydes is 1. The van der Waals surface area contributed by atoms with E-state index >= 15 is 0 Å². The maximum atomic E-state index is 10.7. The third-order valence-electron chi connectivity index (χ3n) is 3.15. The topological polar surface area (TPSA) is 20.3 Å². The summed E-state index contributed by atoms with van der Waals surface area (Å²) in [6.45, 7) is 2.32. The molecule has 0 aromatic carbocycles. The normalized spacial score (nSPS) is 43.5. The predicted molar refractivity (Wildman–Crippen MR) is 43.4 cm³/mol. The van der Waals surface area contributed by atoms with E-state index in [0.717, 1.165) is 31.7 Å². The molecule has 3 rings (SSSR count). The molecule has 0 saturated carbocycles. The van der Waals surface area contributed by atoms with Gasteiger partial charge in [0.05, 0.1) is 6.04 Å². The Morgan fingerprint density at radius 1 is 1.09 bits per heavy atom. The van der Waals surface area contributed by atoms with Gasteiger partial charge < -0.3 is 4.79 Å². The largest absolute Gasteiger partial charge is 0.302 e. The Morgan fingerprint density at radius 2 is 1.82 bits per heavy atom. The van der Waals surface area contributed by atoms with Crippen LogP contribution in [0.3, 0.4) is 0 Å².